The number of benzene rings is 1. The van der Waals surface area contributed by atoms with Gasteiger partial charge in [0.15, 0.2) is 0 Å². The molecule has 3 aromatic rings. The molecule has 3 atom stereocenters. The monoisotopic (exact) mass is 434 g/mol. The molecule has 1 aromatic carbocycles. The Balaban J connectivity index is 1.44. The second-order valence-corrected chi connectivity index (χ2v) is 10.4. The number of nitrogens with zero attached hydrogens (tertiary/aromatic N) is 2. The summed E-state index contributed by atoms with van der Waals surface area (Å²) in [4.78, 5) is 4.87. The first kappa shape index (κ1) is 20.8. The molecule has 31 heavy (non-hydrogen) atoms. The first-order valence-electron chi connectivity index (χ1n) is 11.8. The number of halogens is 1. The largest absolute Gasteiger partial charge is 0.396 e. The van der Waals surface area contributed by atoms with Crippen LogP contribution in [-0.2, 0) is 0 Å². The molecule has 0 amide bonds. The lowest BCUT2D eigenvalue weighted by molar-refractivity contribution is 0.279. The van der Waals surface area contributed by atoms with E-state index in [0.717, 1.165) is 44.8 Å². The molecule has 2 aliphatic carbocycles. The average Bonchev–Trinajstić information content (AvgIpc) is 3.53. The topological polar surface area (TPSA) is 43.8 Å². The van der Waals surface area contributed by atoms with Gasteiger partial charge in [-0.1, -0.05) is 50.6 Å². The maximum Gasteiger partial charge on any atom is 0.0891 e. The summed E-state index contributed by atoms with van der Waals surface area (Å²) < 4.78 is 2.38. The third-order valence-electron chi connectivity index (χ3n) is 7.95. The number of nitrogens with two attached hydrogens (primary N) is 1. The van der Waals surface area contributed by atoms with Crippen molar-refractivity contribution in [2.45, 2.75) is 58.9 Å². The zero-order valence-electron chi connectivity index (χ0n) is 18.8. The fourth-order valence-corrected chi connectivity index (χ4v) is 5.39. The summed E-state index contributed by atoms with van der Waals surface area (Å²) in [6, 6.07) is 10.8. The molecule has 2 N–H and O–H groups in total. The molecule has 0 aliphatic heterocycles. The fraction of sp³-hybridized carbons (Fsp3) is 0.481. The molecule has 3 unspecified atom stereocenters. The summed E-state index contributed by atoms with van der Waals surface area (Å²) >= 11 is 6.33. The van der Waals surface area contributed by atoms with E-state index in [4.69, 9.17) is 22.3 Å². The summed E-state index contributed by atoms with van der Waals surface area (Å²) in [6.07, 6.45) is 10.8. The van der Waals surface area contributed by atoms with Crippen molar-refractivity contribution in [2.75, 3.05) is 5.73 Å². The van der Waals surface area contributed by atoms with Crippen LogP contribution in [0.5, 0.6) is 0 Å². The van der Waals surface area contributed by atoms with Gasteiger partial charge in [0.2, 0.25) is 0 Å². The quantitative estimate of drug-likeness (QED) is 0.390. The summed E-state index contributed by atoms with van der Waals surface area (Å²) in [7, 11) is 0. The summed E-state index contributed by atoms with van der Waals surface area (Å²) in [6.45, 7) is 7.16. The van der Waals surface area contributed by atoms with Crippen LogP contribution in [-0.4, -0.2) is 9.55 Å². The van der Waals surface area contributed by atoms with E-state index < -0.39 is 0 Å². The van der Waals surface area contributed by atoms with E-state index in [9.17, 15) is 0 Å². The first-order chi connectivity index (χ1) is 14.9. The second kappa shape index (κ2) is 8.09. The molecule has 2 fully saturated rings. The van der Waals surface area contributed by atoms with Crippen LogP contribution in [0.3, 0.4) is 0 Å². The Morgan fingerprint density at radius 1 is 1.10 bits per heavy atom. The molecule has 2 aliphatic rings. The van der Waals surface area contributed by atoms with Crippen LogP contribution in [0.15, 0.2) is 36.5 Å². The van der Waals surface area contributed by atoms with E-state index >= 15 is 0 Å². The van der Waals surface area contributed by atoms with Gasteiger partial charge in [-0.15, -0.1) is 0 Å². The lowest BCUT2D eigenvalue weighted by atomic mass is 9.79. The van der Waals surface area contributed by atoms with Gasteiger partial charge in [-0.2, -0.15) is 18.1 Å². The van der Waals surface area contributed by atoms with Gasteiger partial charge >= 0.3 is 0 Å². The number of nitrogen functional groups attached to an aromatic ring is 1. The van der Waals surface area contributed by atoms with Gasteiger partial charge in [-0.3, -0.25) is 0 Å². The molecule has 4 heteroatoms. The predicted octanol–water partition coefficient (Wildman–Crippen LogP) is 7.53. The van der Waals surface area contributed by atoms with E-state index in [1.807, 2.05) is 24.4 Å². The smallest absolute Gasteiger partial charge is 0.0891 e. The number of anilines is 1. The van der Waals surface area contributed by atoms with Gasteiger partial charge in [0.05, 0.1) is 22.6 Å². The maximum absolute atomic E-state index is 6.65. The Labute approximate surface area is 191 Å². The highest BCUT2D eigenvalue weighted by Gasteiger charge is 2.32. The molecular formula is C27H33ClN3-. The summed E-state index contributed by atoms with van der Waals surface area (Å²) in [5.74, 6) is 2.96. The van der Waals surface area contributed by atoms with Gasteiger partial charge in [0.1, 0.15) is 0 Å². The van der Waals surface area contributed by atoms with Crippen molar-refractivity contribution in [1.82, 2.24) is 9.55 Å². The third-order valence-corrected chi connectivity index (χ3v) is 8.19. The number of hydrogen-bond acceptors (Lipinski definition) is 2. The summed E-state index contributed by atoms with van der Waals surface area (Å²) in [5.41, 5.74) is 11.8. The number of aromatic nitrogens is 2. The van der Waals surface area contributed by atoms with Crippen LogP contribution in [0, 0.1) is 30.1 Å². The zero-order chi connectivity index (χ0) is 21.7. The molecule has 2 heterocycles. The van der Waals surface area contributed by atoms with Crippen molar-refractivity contribution < 1.29 is 0 Å². The Morgan fingerprint density at radius 2 is 1.87 bits per heavy atom. The van der Waals surface area contributed by atoms with Gasteiger partial charge in [0, 0.05) is 16.5 Å². The summed E-state index contributed by atoms with van der Waals surface area (Å²) in [5, 5.41) is 1.82. The van der Waals surface area contributed by atoms with E-state index in [1.54, 1.807) is 0 Å². The average molecular weight is 435 g/mol. The minimum absolute atomic E-state index is 0.478. The van der Waals surface area contributed by atoms with E-state index in [-0.39, 0.29) is 0 Å². The van der Waals surface area contributed by atoms with Crippen molar-refractivity contribution >= 4 is 28.2 Å². The van der Waals surface area contributed by atoms with E-state index in [1.165, 1.54) is 37.7 Å². The van der Waals surface area contributed by atoms with Crippen molar-refractivity contribution in [3.05, 3.63) is 53.5 Å². The van der Waals surface area contributed by atoms with E-state index in [0.29, 0.717) is 17.9 Å². The standard InChI is InChI=1S/C27H33ClN3/c1-16(17(2)18(3)20-8-9-20)13-19-7-12-24(30-15-19)27-26(29)23-11-10-21(28)14-25(23)31(27)22-5-4-6-22/h7,10-18,20,22H,4-6,8-9,29H2,1-3H3/q-1. The van der Waals surface area contributed by atoms with E-state index in [2.05, 4.69) is 43.9 Å². The zero-order valence-corrected chi connectivity index (χ0v) is 19.6. The van der Waals surface area contributed by atoms with Crippen LogP contribution >= 0.6 is 11.6 Å². The Kier molecular flexibility index (Phi) is 5.42. The number of pyridine rings is 1. The van der Waals surface area contributed by atoms with Crippen LogP contribution < -0.4 is 5.73 Å². The molecule has 0 spiro atoms. The van der Waals surface area contributed by atoms with Gasteiger partial charge in [-0.25, -0.2) is 0 Å². The number of hydrogen-bond donors (Lipinski definition) is 1. The Morgan fingerprint density at radius 3 is 2.48 bits per heavy atom. The van der Waals surface area contributed by atoms with Crippen molar-refractivity contribution in [2.24, 2.45) is 23.7 Å². The molecule has 0 bridgehead atoms. The third kappa shape index (κ3) is 3.82. The molecule has 2 saturated carbocycles. The molecule has 0 radical (unpaired) electrons. The molecule has 5 rings (SSSR count). The molecule has 2 aromatic heterocycles. The highest BCUT2D eigenvalue weighted by molar-refractivity contribution is 6.31. The molecule has 164 valence electrons. The maximum atomic E-state index is 6.65. The van der Waals surface area contributed by atoms with Crippen LogP contribution in [0.1, 0.15) is 64.5 Å². The minimum atomic E-state index is 0.478. The molecule has 3 nitrogen and oxygen atoms in total. The fourth-order valence-electron chi connectivity index (χ4n) is 5.22. The van der Waals surface area contributed by atoms with Crippen molar-refractivity contribution in [1.29, 1.82) is 0 Å². The molecular weight excluding hydrogens is 402 g/mol. The van der Waals surface area contributed by atoms with Crippen molar-refractivity contribution in [3.63, 3.8) is 0 Å². The second-order valence-electron chi connectivity index (χ2n) is 9.94. The Bertz CT molecular complexity index is 1080. The van der Waals surface area contributed by atoms with Crippen LogP contribution in [0.2, 0.25) is 5.02 Å². The SMILES string of the molecule is CC([CH-]c1ccc(-c2c(N)c3ccc(Cl)cc3n2C2CCC2)nc1)C(C)C(C)C1CC1. The predicted molar refractivity (Wildman–Crippen MR) is 131 cm³/mol. The highest BCUT2D eigenvalue weighted by Crippen LogP contribution is 2.45. The lowest BCUT2D eigenvalue weighted by Crippen LogP contribution is -2.19. The Hall–Kier alpha value is -2.13. The number of fused-ring (bicyclic) bond motifs is 1. The lowest BCUT2D eigenvalue weighted by Gasteiger charge is -2.31. The minimum Gasteiger partial charge on any atom is -0.396 e. The van der Waals surface area contributed by atoms with Gasteiger partial charge in [0.25, 0.3) is 0 Å². The van der Waals surface area contributed by atoms with Gasteiger partial charge in [-0.05, 0) is 68.1 Å². The number of rotatable bonds is 7. The highest BCUT2D eigenvalue weighted by atomic mass is 35.5. The normalized spacial score (nSPS) is 19.7. The van der Waals surface area contributed by atoms with Crippen LogP contribution in [0.4, 0.5) is 5.69 Å². The molecule has 0 saturated heterocycles. The first-order valence-corrected chi connectivity index (χ1v) is 12.2. The van der Waals surface area contributed by atoms with Crippen LogP contribution in [0.25, 0.3) is 22.3 Å². The van der Waals surface area contributed by atoms with Crippen molar-refractivity contribution in [3.8, 4) is 11.4 Å². The van der Waals surface area contributed by atoms with Gasteiger partial charge < -0.3 is 15.3 Å².